The lowest BCUT2D eigenvalue weighted by molar-refractivity contribution is -0.142. The van der Waals surface area contributed by atoms with Crippen LogP contribution in [0.1, 0.15) is 20.1 Å². The summed E-state index contributed by atoms with van der Waals surface area (Å²) in [6.45, 7) is 2.10. The highest BCUT2D eigenvalue weighted by atomic mass is 35.5. The number of methoxy groups -OCH3 is 1. The lowest BCUT2D eigenvalue weighted by Gasteiger charge is -2.28. The van der Waals surface area contributed by atoms with Crippen LogP contribution in [-0.2, 0) is 23.4 Å². The van der Waals surface area contributed by atoms with Crippen molar-refractivity contribution >= 4 is 25.3 Å². The smallest absolute Gasteiger partial charge is 0.459 e. The molecular formula is C20H24ClN6O9P. The van der Waals surface area contributed by atoms with Gasteiger partial charge in [0, 0.05) is 22.2 Å². The number of ether oxygens (including phenoxy) is 2. The van der Waals surface area contributed by atoms with Gasteiger partial charge in [0.25, 0.3) is 5.56 Å². The van der Waals surface area contributed by atoms with Crippen molar-refractivity contribution in [1.29, 1.82) is 0 Å². The highest BCUT2D eigenvalue weighted by molar-refractivity contribution is 7.52. The average molecular weight is 559 g/mol. The number of hydrogen-bond donors (Lipinski definition) is 3. The largest absolute Gasteiger partial charge is 0.468 e. The summed E-state index contributed by atoms with van der Waals surface area (Å²) in [6.07, 6.45) is -3.11. The second kappa shape index (κ2) is 11.5. The molecule has 0 aliphatic carbocycles. The van der Waals surface area contributed by atoms with Crippen LogP contribution in [-0.4, -0.2) is 58.1 Å². The minimum atomic E-state index is -4.33. The van der Waals surface area contributed by atoms with Crippen molar-refractivity contribution in [2.45, 2.75) is 43.9 Å². The van der Waals surface area contributed by atoms with Gasteiger partial charge in [0.05, 0.1) is 19.8 Å². The van der Waals surface area contributed by atoms with Gasteiger partial charge >= 0.3 is 19.4 Å². The maximum atomic E-state index is 13.6. The Morgan fingerprint density at radius 2 is 2.08 bits per heavy atom. The molecule has 3 rings (SSSR count). The van der Waals surface area contributed by atoms with E-state index in [0.29, 0.717) is 5.02 Å². The Balaban J connectivity index is 1.88. The van der Waals surface area contributed by atoms with Crippen molar-refractivity contribution in [3.63, 3.8) is 0 Å². The number of nitrogens with zero attached hydrogens (tertiary/aromatic N) is 4. The van der Waals surface area contributed by atoms with Crippen molar-refractivity contribution in [2.24, 2.45) is 5.11 Å². The quantitative estimate of drug-likeness (QED) is 0.127. The number of carbonyl (C=O) groups excluding carboxylic acids is 1. The summed E-state index contributed by atoms with van der Waals surface area (Å²) < 4.78 is 35.9. The van der Waals surface area contributed by atoms with E-state index >= 15 is 0 Å². The molecule has 1 aliphatic rings. The monoisotopic (exact) mass is 558 g/mol. The molecule has 0 spiro atoms. The van der Waals surface area contributed by atoms with Gasteiger partial charge in [-0.05, 0) is 43.6 Å². The molecule has 1 aromatic carbocycles. The number of H-pyrrole nitrogens is 1. The first kappa shape index (κ1) is 28.4. The third-order valence-corrected chi connectivity index (χ3v) is 7.37. The lowest BCUT2D eigenvalue weighted by atomic mass is 9.93. The standard InChI is InChI=1S/C20H24ClN6O9P/c1-11(17(30)33-3)24-37(32,36-13-6-4-12(21)5-7-13)34-10-14-16(29)20(2,25-26-22)18(35-14)27-9-8-15(28)23-19(27)31/h4-9,11,14,16,18,29H,10H2,1-3H3,(H,24,32)(H,23,28,31)/t11-,14+,16+,18+,20+,37?/m0/s1. The number of rotatable bonds is 10. The Kier molecular flexibility index (Phi) is 8.82. The summed E-state index contributed by atoms with van der Waals surface area (Å²) in [7, 11) is -3.18. The molecule has 0 amide bonds. The van der Waals surface area contributed by atoms with Gasteiger partial charge in [0.2, 0.25) is 0 Å². The van der Waals surface area contributed by atoms with E-state index in [1.54, 1.807) is 0 Å². The van der Waals surface area contributed by atoms with Crippen molar-refractivity contribution in [3.8, 4) is 5.75 Å². The van der Waals surface area contributed by atoms with E-state index < -0.39 is 61.6 Å². The van der Waals surface area contributed by atoms with Gasteiger partial charge in [-0.1, -0.05) is 16.7 Å². The van der Waals surface area contributed by atoms with Crippen molar-refractivity contribution in [3.05, 3.63) is 72.8 Å². The van der Waals surface area contributed by atoms with E-state index in [1.165, 1.54) is 38.1 Å². The third-order valence-electron chi connectivity index (χ3n) is 5.47. The van der Waals surface area contributed by atoms with Crippen LogP contribution in [0.3, 0.4) is 0 Å². The number of aromatic amines is 1. The van der Waals surface area contributed by atoms with Crippen molar-refractivity contribution in [2.75, 3.05) is 13.7 Å². The predicted octanol–water partition coefficient (Wildman–Crippen LogP) is 1.87. The Morgan fingerprint density at radius 1 is 1.41 bits per heavy atom. The molecule has 1 saturated heterocycles. The second-order valence-corrected chi connectivity index (χ2v) is 10.2. The van der Waals surface area contributed by atoms with Gasteiger partial charge in [0.15, 0.2) is 6.23 Å². The van der Waals surface area contributed by atoms with E-state index in [2.05, 4.69) is 19.9 Å². The fourth-order valence-electron chi connectivity index (χ4n) is 3.56. The molecule has 1 aliphatic heterocycles. The number of aliphatic hydroxyl groups excluding tert-OH is 1. The number of carbonyl (C=O) groups is 1. The van der Waals surface area contributed by atoms with E-state index in [0.717, 1.165) is 23.9 Å². The first-order valence-corrected chi connectivity index (χ1v) is 12.6. The van der Waals surface area contributed by atoms with Crippen LogP contribution >= 0.6 is 19.3 Å². The SMILES string of the molecule is COC(=O)[C@H](C)NP(=O)(OC[C@H]1O[C@@H](n2ccc(=O)[nH]c2=O)[C@](C)(N=[N+]=[N-])[C@@H]1O)Oc1ccc(Cl)cc1. The van der Waals surface area contributed by atoms with Crippen molar-refractivity contribution < 1.29 is 33.0 Å². The third kappa shape index (κ3) is 6.40. The number of benzene rings is 1. The number of aromatic nitrogens is 2. The minimum Gasteiger partial charge on any atom is -0.468 e. The Labute approximate surface area is 214 Å². The molecule has 15 nitrogen and oxygen atoms in total. The number of halogens is 1. The Bertz CT molecular complexity index is 1340. The summed E-state index contributed by atoms with van der Waals surface area (Å²) in [6, 6.07) is 5.71. The van der Waals surface area contributed by atoms with Crippen LogP contribution in [0.15, 0.2) is 51.2 Å². The Hall–Kier alpha value is -3.16. The van der Waals surface area contributed by atoms with E-state index in [1.807, 2.05) is 4.98 Å². The summed E-state index contributed by atoms with van der Waals surface area (Å²) in [5, 5.41) is 17.4. The molecule has 1 unspecified atom stereocenters. The number of azide groups is 1. The number of esters is 1. The number of nitrogens with one attached hydrogen (secondary N) is 2. The summed E-state index contributed by atoms with van der Waals surface area (Å²) in [5.74, 6) is -0.670. The number of aliphatic hydroxyl groups is 1. The summed E-state index contributed by atoms with van der Waals surface area (Å²) in [5.41, 5.74) is 5.79. The van der Waals surface area contributed by atoms with Gasteiger partial charge in [-0.2, -0.15) is 5.09 Å². The fraction of sp³-hybridized carbons (Fsp3) is 0.450. The van der Waals surface area contributed by atoms with Gasteiger partial charge in [-0.15, -0.1) is 0 Å². The van der Waals surface area contributed by atoms with Gasteiger partial charge in [0.1, 0.15) is 23.4 Å². The molecule has 6 atom stereocenters. The zero-order chi connectivity index (χ0) is 27.4. The second-order valence-electron chi connectivity index (χ2n) is 8.12. The first-order valence-electron chi connectivity index (χ1n) is 10.7. The van der Waals surface area contributed by atoms with E-state index in [-0.39, 0.29) is 5.75 Å². The van der Waals surface area contributed by atoms with Crippen LogP contribution in [0.25, 0.3) is 10.4 Å². The zero-order valence-corrected chi connectivity index (χ0v) is 21.5. The average Bonchev–Trinajstić information content (AvgIpc) is 3.09. The minimum absolute atomic E-state index is 0.0850. The lowest BCUT2D eigenvalue weighted by Crippen LogP contribution is -2.45. The molecule has 2 heterocycles. The van der Waals surface area contributed by atoms with Gasteiger partial charge < -0.3 is 19.1 Å². The molecule has 0 radical (unpaired) electrons. The zero-order valence-electron chi connectivity index (χ0n) is 19.8. The molecule has 3 N–H and O–H groups in total. The molecular weight excluding hydrogens is 535 g/mol. The molecule has 1 aromatic heterocycles. The molecule has 200 valence electrons. The maximum Gasteiger partial charge on any atom is 0.459 e. The maximum absolute atomic E-state index is 13.6. The molecule has 1 fully saturated rings. The van der Waals surface area contributed by atoms with E-state index in [9.17, 15) is 24.1 Å². The predicted molar refractivity (Wildman–Crippen MR) is 129 cm³/mol. The van der Waals surface area contributed by atoms with Crippen LogP contribution in [0, 0.1) is 0 Å². The van der Waals surface area contributed by atoms with Crippen LogP contribution in [0.4, 0.5) is 0 Å². The summed E-state index contributed by atoms with van der Waals surface area (Å²) >= 11 is 5.87. The van der Waals surface area contributed by atoms with E-state index in [4.69, 9.17) is 30.9 Å². The fourth-order valence-corrected chi connectivity index (χ4v) is 5.19. The van der Waals surface area contributed by atoms with Crippen molar-refractivity contribution in [1.82, 2.24) is 14.6 Å². The molecule has 17 heteroatoms. The topological polar surface area (TPSA) is 207 Å². The van der Waals surface area contributed by atoms with Crippen LogP contribution < -0.4 is 20.9 Å². The molecule has 0 saturated carbocycles. The van der Waals surface area contributed by atoms with Crippen LogP contribution in [0.5, 0.6) is 5.75 Å². The molecule has 0 bridgehead atoms. The molecule has 37 heavy (non-hydrogen) atoms. The first-order chi connectivity index (χ1) is 17.4. The normalized spacial score (nSPS) is 25.5. The van der Waals surface area contributed by atoms with Gasteiger partial charge in [-0.3, -0.25) is 23.7 Å². The Morgan fingerprint density at radius 3 is 2.68 bits per heavy atom. The highest BCUT2D eigenvalue weighted by Crippen LogP contribution is 2.47. The van der Waals surface area contributed by atoms with Crippen LogP contribution in [0.2, 0.25) is 5.02 Å². The van der Waals surface area contributed by atoms with Gasteiger partial charge in [-0.25, -0.2) is 9.36 Å². The summed E-state index contributed by atoms with van der Waals surface area (Å²) in [4.78, 5) is 40.5. The molecule has 2 aromatic rings. The highest BCUT2D eigenvalue weighted by Gasteiger charge is 2.54. The number of hydrogen-bond acceptors (Lipinski definition) is 10.